The van der Waals surface area contributed by atoms with Gasteiger partial charge in [-0.25, -0.2) is 0 Å². The van der Waals surface area contributed by atoms with E-state index < -0.39 is 6.10 Å². The van der Waals surface area contributed by atoms with E-state index in [9.17, 15) is 14.7 Å². The van der Waals surface area contributed by atoms with Crippen LogP contribution in [0.3, 0.4) is 0 Å². The first-order chi connectivity index (χ1) is 11.5. The normalized spacial score (nSPS) is 16.5. The Morgan fingerprint density at radius 2 is 1.88 bits per heavy atom. The second kappa shape index (κ2) is 6.65. The number of para-hydroxylation sites is 1. The van der Waals surface area contributed by atoms with Crippen LogP contribution in [0.25, 0.3) is 10.9 Å². The van der Waals surface area contributed by atoms with Gasteiger partial charge < -0.3 is 19.9 Å². The summed E-state index contributed by atoms with van der Waals surface area (Å²) in [6, 6.07) is 6.07. The molecule has 3 rings (SSSR count). The summed E-state index contributed by atoms with van der Waals surface area (Å²) in [5.41, 5.74) is 3.24. The molecular weight excluding hydrogens is 306 g/mol. The molecule has 2 heterocycles. The summed E-state index contributed by atoms with van der Waals surface area (Å²) in [6.45, 7) is 5.49. The summed E-state index contributed by atoms with van der Waals surface area (Å²) >= 11 is 0. The summed E-state index contributed by atoms with van der Waals surface area (Å²) in [5.74, 6) is -0.198. The molecule has 1 aliphatic heterocycles. The molecule has 0 saturated carbocycles. The van der Waals surface area contributed by atoms with E-state index >= 15 is 0 Å². The third-order valence-electron chi connectivity index (χ3n) is 4.65. The molecule has 2 N–H and O–H groups in total. The van der Waals surface area contributed by atoms with Crippen LogP contribution in [-0.2, 0) is 16.0 Å². The number of nitrogens with one attached hydrogen (secondary N) is 1. The van der Waals surface area contributed by atoms with E-state index in [1.807, 2.05) is 31.3 Å². The highest BCUT2D eigenvalue weighted by molar-refractivity contribution is 5.90. The molecule has 0 radical (unpaired) electrons. The highest BCUT2D eigenvalue weighted by atomic mass is 16.3. The van der Waals surface area contributed by atoms with Crippen LogP contribution in [0.2, 0.25) is 0 Å². The van der Waals surface area contributed by atoms with Crippen LogP contribution in [-0.4, -0.2) is 64.0 Å². The topological polar surface area (TPSA) is 76.6 Å². The Morgan fingerprint density at radius 3 is 2.54 bits per heavy atom. The summed E-state index contributed by atoms with van der Waals surface area (Å²) < 4.78 is 0. The zero-order valence-electron chi connectivity index (χ0n) is 14.1. The monoisotopic (exact) mass is 329 g/mol. The fourth-order valence-corrected chi connectivity index (χ4v) is 3.23. The molecule has 0 aliphatic carbocycles. The minimum Gasteiger partial charge on any atom is -0.384 e. The first kappa shape index (κ1) is 16.5. The first-order valence-electron chi connectivity index (χ1n) is 8.27. The Bertz CT molecular complexity index is 758. The molecule has 1 aromatic carbocycles. The van der Waals surface area contributed by atoms with Gasteiger partial charge in [0.05, 0.1) is 6.42 Å². The van der Waals surface area contributed by atoms with Crippen LogP contribution in [0, 0.1) is 6.92 Å². The molecule has 128 valence electrons. The minimum absolute atomic E-state index is 0.0709. The van der Waals surface area contributed by atoms with Crippen molar-refractivity contribution in [2.45, 2.75) is 26.4 Å². The molecule has 0 bridgehead atoms. The lowest BCUT2D eigenvalue weighted by molar-refractivity contribution is -0.144. The van der Waals surface area contributed by atoms with Crippen molar-refractivity contribution >= 4 is 22.7 Å². The van der Waals surface area contributed by atoms with Crippen LogP contribution in [0.4, 0.5) is 0 Å². The molecule has 1 aromatic heterocycles. The van der Waals surface area contributed by atoms with Crippen molar-refractivity contribution in [1.29, 1.82) is 0 Å². The SMILES string of the molecule is Cc1cccc2c(CC(=O)N3CCN(C(=O)C(C)O)CC3)c[nH]c12. The largest absolute Gasteiger partial charge is 0.384 e. The standard InChI is InChI=1S/C18H23N3O3/c1-12-4-3-5-15-14(11-19-17(12)15)10-16(23)20-6-8-21(9-7-20)18(24)13(2)22/h3-5,11,13,19,22H,6-10H2,1-2H3. The number of H-pyrrole nitrogens is 1. The second-order valence-corrected chi connectivity index (χ2v) is 6.37. The third-order valence-corrected chi connectivity index (χ3v) is 4.65. The van der Waals surface area contributed by atoms with Gasteiger partial charge in [-0.05, 0) is 25.0 Å². The smallest absolute Gasteiger partial charge is 0.251 e. The molecule has 1 atom stereocenters. The number of aromatic amines is 1. The number of amides is 2. The average molecular weight is 329 g/mol. The number of carbonyl (C=O) groups is 2. The van der Waals surface area contributed by atoms with Gasteiger partial charge in [0.25, 0.3) is 5.91 Å². The highest BCUT2D eigenvalue weighted by Gasteiger charge is 2.26. The van der Waals surface area contributed by atoms with Gasteiger partial charge in [-0.2, -0.15) is 0 Å². The first-order valence-corrected chi connectivity index (χ1v) is 8.27. The lowest BCUT2D eigenvalue weighted by Gasteiger charge is -2.35. The summed E-state index contributed by atoms with van der Waals surface area (Å²) in [5, 5.41) is 10.5. The average Bonchev–Trinajstić information content (AvgIpc) is 2.98. The molecule has 6 nitrogen and oxygen atoms in total. The second-order valence-electron chi connectivity index (χ2n) is 6.37. The van der Waals surface area contributed by atoms with Crippen LogP contribution in [0.1, 0.15) is 18.1 Å². The Morgan fingerprint density at radius 1 is 1.21 bits per heavy atom. The van der Waals surface area contributed by atoms with E-state index in [1.54, 1.807) is 9.80 Å². The number of fused-ring (bicyclic) bond motifs is 1. The third kappa shape index (κ3) is 3.14. The fourth-order valence-electron chi connectivity index (χ4n) is 3.23. The number of hydrogen-bond donors (Lipinski definition) is 2. The Balaban J connectivity index is 1.64. The van der Waals surface area contributed by atoms with E-state index in [4.69, 9.17) is 0 Å². The van der Waals surface area contributed by atoms with Gasteiger partial charge in [0.15, 0.2) is 0 Å². The number of aromatic nitrogens is 1. The van der Waals surface area contributed by atoms with Gasteiger partial charge in [-0.3, -0.25) is 9.59 Å². The van der Waals surface area contributed by atoms with Crippen LogP contribution in [0.5, 0.6) is 0 Å². The fraction of sp³-hybridized carbons (Fsp3) is 0.444. The predicted octanol–water partition coefficient (Wildman–Crippen LogP) is 1.07. The molecule has 2 amide bonds. The Labute approximate surface area is 141 Å². The van der Waals surface area contributed by atoms with Crippen LogP contribution >= 0.6 is 0 Å². The molecule has 1 unspecified atom stereocenters. The number of aliphatic hydroxyl groups is 1. The lowest BCUT2D eigenvalue weighted by atomic mass is 10.1. The van der Waals surface area contributed by atoms with Gasteiger partial charge in [-0.1, -0.05) is 18.2 Å². The van der Waals surface area contributed by atoms with Crippen LogP contribution < -0.4 is 0 Å². The van der Waals surface area contributed by atoms with E-state index in [1.165, 1.54) is 6.92 Å². The van der Waals surface area contributed by atoms with E-state index in [-0.39, 0.29) is 11.8 Å². The lowest BCUT2D eigenvalue weighted by Crippen LogP contribution is -2.52. The van der Waals surface area contributed by atoms with E-state index in [0.717, 1.165) is 22.0 Å². The van der Waals surface area contributed by atoms with Crippen molar-refractivity contribution in [1.82, 2.24) is 14.8 Å². The number of piperazine rings is 1. The molecule has 1 aliphatic rings. The summed E-state index contributed by atoms with van der Waals surface area (Å²) in [4.78, 5) is 31.0. The number of carbonyl (C=O) groups excluding carboxylic acids is 2. The number of hydrogen-bond acceptors (Lipinski definition) is 3. The van der Waals surface area contributed by atoms with Crippen molar-refractivity contribution in [2.75, 3.05) is 26.2 Å². The molecule has 2 aromatic rings. The molecule has 0 spiro atoms. The highest BCUT2D eigenvalue weighted by Crippen LogP contribution is 2.22. The molecule has 1 saturated heterocycles. The molecular formula is C18H23N3O3. The predicted molar refractivity (Wildman–Crippen MR) is 91.6 cm³/mol. The summed E-state index contributed by atoms with van der Waals surface area (Å²) in [6.07, 6.45) is 1.28. The number of aliphatic hydroxyl groups excluding tert-OH is 1. The zero-order valence-corrected chi connectivity index (χ0v) is 14.1. The maximum atomic E-state index is 12.6. The number of benzene rings is 1. The quantitative estimate of drug-likeness (QED) is 0.884. The van der Waals surface area contributed by atoms with E-state index in [2.05, 4.69) is 4.98 Å². The molecule has 24 heavy (non-hydrogen) atoms. The van der Waals surface area contributed by atoms with Crippen molar-refractivity contribution in [3.8, 4) is 0 Å². The van der Waals surface area contributed by atoms with Gasteiger partial charge in [0.1, 0.15) is 6.10 Å². The Hall–Kier alpha value is -2.34. The van der Waals surface area contributed by atoms with Crippen molar-refractivity contribution in [2.24, 2.45) is 0 Å². The number of rotatable bonds is 3. The summed E-state index contributed by atoms with van der Waals surface area (Å²) in [7, 11) is 0. The number of nitrogens with zero attached hydrogens (tertiary/aromatic N) is 2. The van der Waals surface area contributed by atoms with Crippen LogP contribution in [0.15, 0.2) is 24.4 Å². The van der Waals surface area contributed by atoms with E-state index in [0.29, 0.717) is 32.6 Å². The van der Waals surface area contributed by atoms with Crippen molar-refractivity contribution in [3.63, 3.8) is 0 Å². The number of aryl methyl sites for hydroxylation is 1. The molecule has 1 fully saturated rings. The van der Waals surface area contributed by atoms with Crippen molar-refractivity contribution < 1.29 is 14.7 Å². The van der Waals surface area contributed by atoms with Gasteiger partial charge in [0, 0.05) is 43.3 Å². The minimum atomic E-state index is -0.985. The van der Waals surface area contributed by atoms with Gasteiger partial charge >= 0.3 is 0 Å². The van der Waals surface area contributed by atoms with Gasteiger partial charge in [0.2, 0.25) is 5.91 Å². The van der Waals surface area contributed by atoms with Gasteiger partial charge in [-0.15, -0.1) is 0 Å². The zero-order chi connectivity index (χ0) is 17.3. The maximum absolute atomic E-state index is 12.6. The van der Waals surface area contributed by atoms with Crippen molar-refractivity contribution in [3.05, 3.63) is 35.5 Å². The Kier molecular flexibility index (Phi) is 4.57. The maximum Gasteiger partial charge on any atom is 0.251 e. The molecule has 6 heteroatoms.